The first-order valence-corrected chi connectivity index (χ1v) is 11.0. The molecule has 1 saturated heterocycles. The molecule has 7 heteroatoms. The van der Waals surface area contributed by atoms with Crippen LogP contribution in [-0.4, -0.2) is 59.6 Å². The van der Waals surface area contributed by atoms with Gasteiger partial charge in [0.2, 0.25) is 0 Å². The molecule has 0 saturated carbocycles. The Balaban J connectivity index is 0.00000364. The SMILES string of the molecule is C=CCN1CCC(NC(=NCCS(=O)Cc2ccccc2)NCC)CC1.I. The Morgan fingerprint density at radius 3 is 2.67 bits per heavy atom. The fourth-order valence-electron chi connectivity index (χ4n) is 3.05. The third-order valence-electron chi connectivity index (χ3n) is 4.42. The molecule has 152 valence electrons. The Morgan fingerprint density at radius 1 is 1.33 bits per heavy atom. The number of guanidine groups is 1. The largest absolute Gasteiger partial charge is 0.357 e. The first-order valence-electron chi connectivity index (χ1n) is 9.48. The molecule has 5 nitrogen and oxygen atoms in total. The van der Waals surface area contributed by atoms with E-state index in [-0.39, 0.29) is 24.0 Å². The van der Waals surface area contributed by atoms with Gasteiger partial charge < -0.3 is 10.6 Å². The van der Waals surface area contributed by atoms with Gasteiger partial charge in [0.05, 0.1) is 6.54 Å². The second kappa shape index (κ2) is 14.1. The van der Waals surface area contributed by atoms with Crippen molar-refractivity contribution in [2.75, 3.05) is 38.5 Å². The summed E-state index contributed by atoms with van der Waals surface area (Å²) in [6.45, 7) is 10.4. The number of hydrogen-bond donors (Lipinski definition) is 2. The molecule has 1 fully saturated rings. The van der Waals surface area contributed by atoms with Crippen LogP contribution in [0, 0.1) is 0 Å². The average molecular weight is 504 g/mol. The summed E-state index contributed by atoms with van der Waals surface area (Å²) in [5.74, 6) is 2.03. The van der Waals surface area contributed by atoms with Gasteiger partial charge in [-0.3, -0.25) is 14.1 Å². The summed E-state index contributed by atoms with van der Waals surface area (Å²) in [5.41, 5.74) is 1.12. The van der Waals surface area contributed by atoms with Gasteiger partial charge in [0.1, 0.15) is 0 Å². The van der Waals surface area contributed by atoms with Crippen LogP contribution in [0.4, 0.5) is 0 Å². The molecule has 0 spiro atoms. The van der Waals surface area contributed by atoms with Gasteiger partial charge in [-0.15, -0.1) is 30.6 Å². The predicted molar refractivity (Wildman–Crippen MR) is 127 cm³/mol. The van der Waals surface area contributed by atoms with Crippen molar-refractivity contribution in [2.45, 2.75) is 31.6 Å². The molecule has 1 aromatic carbocycles. The van der Waals surface area contributed by atoms with Crippen LogP contribution in [0.1, 0.15) is 25.3 Å². The summed E-state index contributed by atoms with van der Waals surface area (Å²) in [4.78, 5) is 7.03. The summed E-state index contributed by atoms with van der Waals surface area (Å²) in [6, 6.07) is 10.4. The van der Waals surface area contributed by atoms with Gasteiger partial charge in [0, 0.05) is 54.5 Å². The number of aliphatic imine (C=N–C) groups is 1. The van der Waals surface area contributed by atoms with Gasteiger partial charge in [-0.25, -0.2) is 0 Å². The van der Waals surface area contributed by atoms with E-state index >= 15 is 0 Å². The van der Waals surface area contributed by atoms with Gasteiger partial charge >= 0.3 is 0 Å². The quantitative estimate of drug-likeness (QED) is 0.235. The fraction of sp³-hybridized carbons (Fsp3) is 0.550. The Bertz CT molecular complexity index is 589. The fourth-order valence-corrected chi connectivity index (χ4v) is 4.05. The molecule has 1 aromatic rings. The lowest BCUT2D eigenvalue weighted by atomic mass is 10.1. The number of rotatable bonds is 9. The molecule has 27 heavy (non-hydrogen) atoms. The van der Waals surface area contributed by atoms with E-state index in [1.165, 1.54) is 0 Å². The summed E-state index contributed by atoms with van der Waals surface area (Å²) >= 11 is 0. The lowest BCUT2D eigenvalue weighted by Gasteiger charge is -2.32. The maximum atomic E-state index is 12.2. The highest BCUT2D eigenvalue weighted by atomic mass is 127. The van der Waals surface area contributed by atoms with Crippen LogP contribution < -0.4 is 10.6 Å². The highest BCUT2D eigenvalue weighted by Gasteiger charge is 2.19. The average Bonchev–Trinajstić information content (AvgIpc) is 2.64. The Labute approximate surface area is 183 Å². The summed E-state index contributed by atoms with van der Waals surface area (Å²) in [7, 11) is -0.884. The molecular weight excluding hydrogens is 471 g/mol. The maximum absolute atomic E-state index is 12.2. The molecular formula is C20H33IN4OS. The van der Waals surface area contributed by atoms with E-state index in [1.54, 1.807) is 0 Å². The van der Waals surface area contributed by atoms with Gasteiger partial charge in [-0.05, 0) is 25.3 Å². The number of nitrogens with zero attached hydrogens (tertiary/aromatic N) is 2. The topological polar surface area (TPSA) is 56.7 Å². The van der Waals surface area contributed by atoms with Crippen molar-refractivity contribution in [3.8, 4) is 0 Å². The molecule has 0 radical (unpaired) electrons. The van der Waals surface area contributed by atoms with Gasteiger partial charge in [-0.2, -0.15) is 0 Å². The number of benzene rings is 1. The molecule has 0 aromatic heterocycles. The Hall–Kier alpha value is -0.930. The molecule has 2 N–H and O–H groups in total. The molecule has 0 amide bonds. The van der Waals surface area contributed by atoms with Crippen LogP contribution in [0.2, 0.25) is 0 Å². The summed E-state index contributed by atoms with van der Waals surface area (Å²) in [6.07, 6.45) is 4.19. The molecule has 1 unspecified atom stereocenters. The van der Waals surface area contributed by atoms with E-state index in [4.69, 9.17) is 0 Å². The van der Waals surface area contributed by atoms with Crippen molar-refractivity contribution < 1.29 is 4.21 Å². The van der Waals surface area contributed by atoms with Crippen LogP contribution in [-0.2, 0) is 16.6 Å². The molecule has 1 aliphatic rings. The number of hydrogen-bond acceptors (Lipinski definition) is 3. The van der Waals surface area contributed by atoms with E-state index in [1.807, 2.05) is 36.4 Å². The van der Waals surface area contributed by atoms with Gasteiger partial charge in [-0.1, -0.05) is 36.4 Å². The minimum Gasteiger partial charge on any atom is -0.357 e. The third-order valence-corrected chi connectivity index (χ3v) is 5.71. The zero-order valence-electron chi connectivity index (χ0n) is 16.2. The van der Waals surface area contributed by atoms with Gasteiger partial charge in [0.15, 0.2) is 5.96 Å². The van der Waals surface area contributed by atoms with Crippen molar-refractivity contribution in [3.05, 3.63) is 48.6 Å². The first kappa shape index (κ1) is 24.1. The minimum atomic E-state index is -0.884. The van der Waals surface area contributed by atoms with Crippen LogP contribution in [0.5, 0.6) is 0 Å². The van der Waals surface area contributed by atoms with E-state index < -0.39 is 10.8 Å². The van der Waals surface area contributed by atoms with Crippen molar-refractivity contribution in [1.29, 1.82) is 0 Å². The van der Waals surface area contributed by atoms with E-state index in [2.05, 4.69) is 34.0 Å². The lowest BCUT2D eigenvalue weighted by molar-refractivity contribution is 0.225. The third kappa shape index (κ3) is 9.71. The van der Waals surface area contributed by atoms with E-state index in [9.17, 15) is 4.21 Å². The van der Waals surface area contributed by atoms with E-state index in [0.29, 0.717) is 24.1 Å². The van der Waals surface area contributed by atoms with Crippen molar-refractivity contribution in [2.24, 2.45) is 4.99 Å². The highest BCUT2D eigenvalue weighted by molar-refractivity contribution is 14.0. The van der Waals surface area contributed by atoms with Crippen LogP contribution in [0.25, 0.3) is 0 Å². The zero-order chi connectivity index (χ0) is 18.6. The second-order valence-electron chi connectivity index (χ2n) is 6.54. The van der Waals surface area contributed by atoms with Crippen molar-refractivity contribution in [1.82, 2.24) is 15.5 Å². The van der Waals surface area contributed by atoms with E-state index in [0.717, 1.165) is 50.5 Å². The molecule has 1 heterocycles. The Kier molecular flexibility index (Phi) is 12.6. The predicted octanol–water partition coefficient (Wildman–Crippen LogP) is 2.76. The van der Waals surface area contributed by atoms with Crippen molar-refractivity contribution in [3.63, 3.8) is 0 Å². The first-order chi connectivity index (χ1) is 12.7. The standard InChI is InChI=1S/C20H32N4OS.HI/c1-3-13-24-14-10-19(11-15-24)23-20(21-4-2)22-12-16-26(25)17-18-8-6-5-7-9-18;/h3,5-9,19H,1,4,10-17H2,2H3,(H2,21,22,23);1H. The van der Waals surface area contributed by atoms with Crippen LogP contribution >= 0.6 is 24.0 Å². The number of piperidine rings is 1. The molecule has 0 bridgehead atoms. The number of likely N-dealkylation sites (tertiary alicyclic amines) is 1. The Morgan fingerprint density at radius 2 is 2.04 bits per heavy atom. The lowest BCUT2D eigenvalue weighted by Crippen LogP contribution is -2.48. The van der Waals surface area contributed by atoms with Crippen LogP contribution in [0.15, 0.2) is 48.0 Å². The molecule has 1 aliphatic heterocycles. The summed E-state index contributed by atoms with van der Waals surface area (Å²) < 4.78 is 12.2. The molecule has 0 aliphatic carbocycles. The number of halogens is 1. The zero-order valence-corrected chi connectivity index (χ0v) is 19.4. The molecule has 1 atom stereocenters. The summed E-state index contributed by atoms with van der Waals surface area (Å²) in [5, 5.41) is 6.83. The molecule has 2 rings (SSSR count). The van der Waals surface area contributed by atoms with Crippen molar-refractivity contribution >= 4 is 40.7 Å². The normalized spacial score (nSPS) is 17.0. The van der Waals surface area contributed by atoms with Gasteiger partial charge in [0.25, 0.3) is 0 Å². The highest BCUT2D eigenvalue weighted by Crippen LogP contribution is 2.10. The van der Waals surface area contributed by atoms with Crippen LogP contribution in [0.3, 0.4) is 0 Å². The monoisotopic (exact) mass is 504 g/mol. The minimum absolute atomic E-state index is 0. The maximum Gasteiger partial charge on any atom is 0.191 e. The smallest absolute Gasteiger partial charge is 0.191 e. The second-order valence-corrected chi connectivity index (χ2v) is 8.12. The number of nitrogens with one attached hydrogen (secondary N) is 2.